The topological polar surface area (TPSA) is 16.1 Å². The fourth-order valence-electron chi connectivity index (χ4n) is 2.58. The van der Waals surface area contributed by atoms with Gasteiger partial charge in [0, 0.05) is 29.1 Å². The molecule has 0 aromatic carbocycles. The number of hydrogen-bond acceptors (Lipinski definition) is 2. The van der Waals surface area contributed by atoms with Gasteiger partial charge in [-0.05, 0) is 47.7 Å². The number of rotatable bonds is 3. The van der Waals surface area contributed by atoms with Crippen molar-refractivity contribution in [1.29, 1.82) is 0 Å². The van der Waals surface area contributed by atoms with Crippen LogP contribution in [0.25, 0.3) is 0 Å². The highest BCUT2D eigenvalue weighted by molar-refractivity contribution is 9.10. The van der Waals surface area contributed by atoms with Crippen LogP contribution in [0, 0.1) is 0 Å². The lowest BCUT2D eigenvalue weighted by Gasteiger charge is -2.37. The number of halogens is 5. The smallest absolute Gasteiger partial charge is 0.353 e. The molecule has 0 bridgehead atoms. The molecule has 1 saturated heterocycles. The van der Waals surface area contributed by atoms with Crippen LogP contribution in [0.2, 0.25) is 0 Å². The van der Waals surface area contributed by atoms with Crippen molar-refractivity contribution < 1.29 is 13.2 Å². The molecule has 0 spiro atoms. The Morgan fingerprint density at radius 2 is 2.15 bits per heavy atom. The molecule has 0 saturated carbocycles. The van der Waals surface area contributed by atoms with Crippen molar-refractivity contribution in [1.82, 2.24) is 4.98 Å². The maximum absolute atomic E-state index is 13.2. The van der Waals surface area contributed by atoms with Crippen molar-refractivity contribution in [3.8, 4) is 0 Å². The molecule has 1 aliphatic rings. The summed E-state index contributed by atoms with van der Waals surface area (Å²) in [5.74, 6) is 0.467. The average Bonchev–Trinajstić information content (AvgIpc) is 2.39. The van der Waals surface area contributed by atoms with E-state index in [1.54, 1.807) is 4.90 Å². The number of alkyl halides is 4. The zero-order valence-electron chi connectivity index (χ0n) is 10.8. The van der Waals surface area contributed by atoms with E-state index in [4.69, 9.17) is 11.6 Å². The lowest BCUT2D eigenvalue weighted by atomic mass is 9.99. The molecule has 0 N–H and O–H groups in total. The third-order valence-corrected chi connectivity index (χ3v) is 4.13. The molecule has 7 heteroatoms. The Balaban J connectivity index is 2.39. The average molecular weight is 372 g/mol. The van der Waals surface area contributed by atoms with E-state index in [9.17, 15) is 13.2 Å². The normalized spacial score (nSPS) is 20.2. The van der Waals surface area contributed by atoms with Crippen molar-refractivity contribution in [2.45, 2.75) is 37.9 Å². The molecule has 0 amide bonds. The van der Waals surface area contributed by atoms with Crippen LogP contribution in [0.1, 0.15) is 31.2 Å². The first kappa shape index (κ1) is 15.9. The minimum atomic E-state index is -4.41. The van der Waals surface area contributed by atoms with Gasteiger partial charge >= 0.3 is 6.18 Å². The molecule has 2 nitrogen and oxygen atoms in total. The highest BCUT2D eigenvalue weighted by atomic mass is 79.9. The van der Waals surface area contributed by atoms with Crippen molar-refractivity contribution in [3.63, 3.8) is 0 Å². The summed E-state index contributed by atoms with van der Waals surface area (Å²) in [7, 11) is 0. The van der Waals surface area contributed by atoms with Crippen LogP contribution in [-0.4, -0.2) is 23.5 Å². The Hall–Kier alpha value is -0.490. The summed E-state index contributed by atoms with van der Waals surface area (Å²) < 4.78 is 39.9. The Bertz CT molecular complexity index is 465. The van der Waals surface area contributed by atoms with Gasteiger partial charge in [-0.3, -0.25) is 0 Å². The van der Waals surface area contributed by atoms with Gasteiger partial charge in [0.2, 0.25) is 0 Å². The predicted molar refractivity (Wildman–Crippen MR) is 77.3 cm³/mol. The summed E-state index contributed by atoms with van der Waals surface area (Å²) in [4.78, 5) is 5.78. The SMILES string of the molecule is FC(F)(F)c1cc(Br)cnc1N1CCCCC1CCCl. The standard InChI is InChI=1S/C13H15BrClF3N2/c14-9-7-11(13(16,17)18)12(19-8-9)20-6-2-1-3-10(20)4-5-15/h7-8,10H,1-6H2. The van der Waals surface area contributed by atoms with E-state index >= 15 is 0 Å². The van der Waals surface area contributed by atoms with E-state index in [1.807, 2.05) is 0 Å². The Morgan fingerprint density at radius 3 is 2.80 bits per heavy atom. The van der Waals surface area contributed by atoms with E-state index in [0.717, 1.165) is 25.3 Å². The molecular weight excluding hydrogens is 357 g/mol. The van der Waals surface area contributed by atoms with Crippen LogP contribution in [0.4, 0.5) is 19.0 Å². The van der Waals surface area contributed by atoms with Gasteiger partial charge in [0.1, 0.15) is 5.82 Å². The number of pyridine rings is 1. The molecule has 2 heterocycles. The summed E-state index contributed by atoms with van der Waals surface area (Å²) in [5, 5.41) is 0. The number of aromatic nitrogens is 1. The van der Waals surface area contributed by atoms with Crippen molar-refractivity contribution >= 4 is 33.3 Å². The Kier molecular flexibility index (Phi) is 5.18. The molecule has 1 unspecified atom stereocenters. The zero-order valence-corrected chi connectivity index (χ0v) is 13.1. The van der Waals surface area contributed by atoms with Gasteiger partial charge in [-0.2, -0.15) is 13.2 Å². The third kappa shape index (κ3) is 3.58. The fourth-order valence-corrected chi connectivity index (χ4v) is 3.16. The van der Waals surface area contributed by atoms with Crippen LogP contribution in [0.3, 0.4) is 0 Å². The highest BCUT2D eigenvalue weighted by Gasteiger charge is 2.37. The number of hydrogen-bond donors (Lipinski definition) is 0. The minimum Gasteiger partial charge on any atom is -0.353 e. The minimum absolute atomic E-state index is 0.0236. The molecule has 112 valence electrons. The van der Waals surface area contributed by atoms with Gasteiger partial charge in [-0.15, -0.1) is 11.6 Å². The Morgan fingerprint density at radius 1 is 1.40 bits per heavy atom. The van der Waals surface area contributed by atoms with Gasteiger partial charge in [0.15, 0.2) is 0 Å². The molecule has 1 aliphatic heterocycles. The van der Waals surface area contributed by atoms with Gasteiger partial charge in [0.25, 0.3) is 0 Å². The highest BCUT2D eigenvalue weighted by Crippen LogP contribution is 2.39. The quantitative estimate of drug-likeness (QED) is 0.706. The van der Waals surface area contributed by atoms with Gasteiger partial charge in [-0.25, -0.2) is 4.98 Å². The van der Waals surface area contributed by atoms with E-state index in [1.165, 1.54) is 6.20 Å². The van der Waals surface area contributed by atoms with Crippen molar-refractivity contribution in [2.24, 2.45) is 0 Å². The van der Waals surface area contributed by atoms with Crippen molar-refractivity contribution in [2.75, 3.05) is 17.3 Å². The molecule has 0 aliphatic carbocycles. The maximum Gasteiger partial charge on any atom is 0.419 e. The van der Waals surface area contributed by atoms with Crippen molar-refractivity contribution in [3.05, 3.63) is 22.3 Å². The van der Waals surface area contributed by atoms with Gasteiger partial charge in [-0.1, -0.05) is 0 Å². The lowest BCUT2D eigenvalue weighted by molar-refractivity contribution is -0.137. The molecule has 1 aromatic heterocycles. The van der Waals surface area contributed by atoms with Crippen LogP contribution in [0.15, 0.2) is 16.7 Å². The van der Waals surface area contributed by atoms with E-state index in [0.29, 0.717) is 23.3 Å². The van der Waals surface area contributed by atoms with Gasteiger partial charge < -0.3 is 4.90 Å². The van der Waals surface area contributed by atoms with Crippen LogP contribution in [-0.2, 0) is 6.18 Å². The second-order valence-electron chi connectivity index (χ2n) is 4.84. The summed E-state index contributed by atoms with van der Waals surface area (Å²) in [6.45, 7) is 0.596. The molecule has 1 atom stereocenters. The van der Waals surface area contributed by atoms with Crippen LogP contribution in [0.5, 0.6) is 0 Å². The molecular formula is C13H15BrClF3N2. The van der Waals surface area contributed by atoms with Crippen LogP contribution < -0.4 is 4.90 Å². The first-order valence-corrected chi connectivity index (χ1v) is 7.81. The molecule has 2 rings (SSSR count). The third-order valence-electron chi connectivity index (χ3n) is 3.48. The molecule has 1 aromatic rings. The molecule has 20 heavy (non-hydrogen) atoms. The monoisotopic (exact) mass is 370 g/mol. The molecule has 0 radical (unpaired) electrons. The first-order valence-electron chi connectivity index (χ1n) is 6.49. The second-order valence-corrected chi connectivity index (χ2v) is 6.14. The summed E-state index contributed by atoms with van der Waals surface area (Å²) >= 11 is 8.82. The van der Waals surface area contributed by atoms with Crippen LogP contribution >= 0.6 is 27.5 Å². The van der Waals surface area contributed by atoms with E-state index in [-0.39, 0.29) is 11.9 Å². The fraction of sp³-hybridized carbons (Fsp3) is 0.615. The van der Waals surface area contributed by atoms with E-state index in [2.05, 4.69) is 20.9 Å². The Labute approximate surface area is 129 Å². The largest absolute Gasteiger partial charge is 0.419 e. The van der Waals surface area contributed by atoms with E-state index < -0.39 is 11.7 Å². The predicted octanol–water partition coefficient (Wildman–Crippen LogP) is 4.85. The number of anilines is 1. The summed E-state index contributed by atoms with van der Waals surface area (Å²) in [5.41, 5.74) is -0.687. The van der Waals surface area contributed by atoms with Gasteiger partial charge in [0.05, 0.1) is 5.56 Å². The lowest BCUT2D eigenvalue weighted by Crippen LogP contribution is -2.41. The summed E-state index contributed by atoms with van der Waals surface area (Å²) in [6, 6.07) is 1.13. The second kappa shape index (κ2) is 6.52. The number of piperidine rings is 1. The maximum atomic E-state index is 13.2. The molecule has 1 fully saturated rings. The number of nitrogens with zero attached hydrogens (tertiary/aromatic N) is 2. The zero-order chi connectivity index (χ0) is 14.8. The summed E-state index contributed by atoms with van der Waals surface area (Å²) in [6.07, 6.45) is 0.453. The first-order chi connectivity index (χ1) is 9.43.